The Morgan fingerprint density at radius 2 is 2.20 bits per heavy atom. The smallest absolute Gasteiger partial charge is 0.233 e. The molecule has 1 aliphatic rings. The Labute approximate surface area is 88.7 Å². The van der Waals surface area contributed by atoms with Crippen LogP contribution in [0.25, 0.3) is 0 Å². The number of carbonyl (C=O) groups is 1. The quantitative estimate of drug-likeness (QED) is 0.291. The van der Waals surface area contributed by atoms with Crippen molar-refractivity contribution in [1.29, 1.82) is 0 Å². The van der Waals surface area contributed by atoms with Gasteiger partial charge in [0.2, 0.25) is 5.91 Å². The summed E-state index contributed by atoms with van der Waals surface area (Å²) >= 11 is 0. The van der Waals surface area contributed by atoms with Crippen molar-refractivity contribution in [3.05, 3.63) is 0 Å². The van der Waals surface area contributed by atoms with Crippen molar-refractivity contribution in [1.82, 2.24) is 4.90 Å². The van der Waals surface area contributed by atoms with Crippen LogP contribution < -0.4 is 5.73 Å². The molecule has 0 bridgehead atoms. The van der Waals surface area contributed by atoms with Gasteiger partial charge in [-0.1, -0.05) is 12.1 Å². The molecule has 1 amide bonds. The van der Waals surface area contributed by atoms with Gasteiger partial charge in [0.25, 0.3) is 0 Å². The van der Waals surface area contributed by atoms with E-state index >= 15 is 0 Å². The lowest BCUT2D eigenvalue weighted by Crippen LogP contribution is -2.46. The number of nitrogens with two attached hydrogens (primary N) is 1. The number of nitrogens with zero attached hydrogens (tertiary/aromatic N) is 2. The summed E-state index contributed by atoms with van der Waals surface area (Å²) in [5, 5.41) is 11.4. The summed E-state index contributed by atoms with van der Waals surface area (Å²) < 4.78 is 5.15. The molecule has 0 aliphatic carbocycles. The third kappa shape index (κ3) is 2.82. The molecule has 1 fully saturated rings. The molecule has 3 N–H and O–H groups in total. The second-order valence-corrected chi connectivity index (χ2v) is 3.42. The Hall–Kier alpha value is -1.30. The third-order valence-electron chi connectivity index (χ3n) is 2.50. The van der Waals surface area contributed by atoms with Crippen molar-refractivity contribution in [2.45, 2.75) is 13.3 Å². The van der Waals surface area contributed by atoms with Crippen LogP contribution in [0.3, 0.4) is 0 Å². The van der Waals surface area contributed by atoms with Gasteiger partial charge in [-0.2, -0.15) is 0 Å². The van der Waals surface area contributed by atoms with Gasteiger partial charge in [-0.15, -0.1) is 0 Å². The lowest BCUT2D eigenvalue weighted by Gasteiger charge is -2.29. The second kappa shape index (κ2) is 5.55. The van der Waals surface area contributed by atoms with E-state index in [1.54, 1.807) is 4.90 Å². The Morgan fingerprint density at radius 3 is 2.67 bits per heavy atom. The maximum Gasteiger partial charge on any atom is 0.233 e. The van der Waals surface area contributed by atoms with E-state index in [-0.39, 0.29) is 11.7 Å². The third-order valence-corrected chi connectivity index (χ3v) is 2.50. The number of rotatable bonds is 3. The number of amidine groups is 1. The van der Waals surface area contributed by atoms with Crippen LogP contribution in [-0.4, -0.2) is 48.2 Å². The summed E-state index contributed by atoms with van der Waals surface area (Å²) in [6.07, 6.45) is 0.534. The highest BCUT2D eigenvalue weighted by Gasteiger charge is 2.27. The molecule has 1 aliphatic heterocycles. The van der Waals surface area contributed by atoms with Gasteiger partial charge < -0.3 is 20.6 Å². The number of hydrogen-bond acceptors (Lipinski definition) is 4. The van der Waals surface area contributed by atoms with E-state index in [9.17, 15) is 4.79 Å². The Kier molecular flexibility index (Phi) is 4.36. The lowest BCUT2D eigenvalue weighted by atomic mass is 10.0. The van der Waals surface area contributed by atoms with Crippen LogP contribution in [0.2, 0.25) is 0 Å². The molecule has 0 spiro atoms. The van der Waals surface area contributed by atoms with Gasteiger partial charge >= 0.3 is 0 Å². The molecule has 1 saturated heterocycles. The van der Waals surface area contributed by atoms with Crippen LogP contribution >= 0.6 is 0 Å². The first-order valence-electron chi connectivity index (χ1n) is 5.04. The van der Waals surface area contributed by atoms with Gasteiger partial charge in [0.1, 0.15) is 0 Å². The highest BCUT2D eigenvalue weighted by molar-refractivity contribution is 6.02. The van der Waals surface area contributed by atoms with Gasteiger partial charge in [0.05, 0.1) is 19.1 Å². The number of morpholine rings is 1. The average Bonchev–Trinajstić information content (AvgIpc) is 2.30. The highest BCUT2D eigenvalue weighted by Crippen LogP contribution is 2.10. The number of oxime groups is 1. The second-order valence-electron chi connectivity index (χ2n) is 3.42. The van der Waals surface area contributed by atoms with E-state index in [1.165, 1.54) is 0 Å². The standard InChI is InChI=1S/C9H17N3O3/c1-2-7(8(10)11-14)9(13)12-3-5-15-6-4-12/h7,14H,2-6H2,1H3,(H2,10,11). The molecule has 0 saturated carbocycles. The molecule has 1 unspecified atom stereocenters. The molecule has 6 nitrogen and oxygen atoms in total. The van der Waals surface area contributed by atoms with E-state index in [1.807, 2.05) is 6.92 Å². The Bertz CT molecular complexity index is 249. The van der Waals surface area contributed by atoms with Crippen molar-refractivity contribution in [3.63, 3.8) is 0 Å². The maximum atomic E-state index is 11.9. The average molecular weight is 215 g/mol. The topological polar surface area (TPSA) is 88.2 Å². The van der Waals surface area contributed by atoms with Crippen LogP contribution in [0, 0.1) is 5.92 Å². The van der Waals surface area contributed by atoms with Crippen LogP contribution in [0.4, 0.5) is 0 Å². The van der Waals surface area contributed by atoms with E-state index < -0.39 is 5.92 Å². The summed E-state index contributed by atoms with van der Waals surface area (Å²) in [6.45, 7) is 4.10. The molecule has 86 valence electrons. The van der Waals surface area contributed by atoms with Gasteiger partial charge in [-0.25, -0.2) is 0 Å². The van der Waals surface area contributed by atoms with Gasteiger partial charge in [-0.05, 0) is 6.42 Å². The lowest BCUT2D eigenvalue weighted by molar-refractivity contribution is -0.137. The predicted molar refractivity (Wildman–Crippen MR) is 54.6 cm³/mol. The number of carbonyl (C=O) groups excluding carboxylic acids is 1. The number of amides is 1. The first-order chi connectivity index (χ1) is 7.20. The van der Waals surface area contributed by atoms with Gasteiger partial charge in [0.15, 0.2) is 5.84 Å². The minimum absolute atomic E-state index is 0.0195. The first kappa shape index (κ1) is 11.8. The SMILES string of the molecule is CCC(C(=O)N1CCOCC1)C(N)=NO. The molecule has 0 aromatic rings. The van der Waals surface area contributed by atoms with Crippen molar-refractivity contribution in [2.75, 3.05) is 26.3 Å². The summed E-state index contributed by atoms with van der Waals surface area (Å²) in [5.41, 5.74) is 5.46. The van der Waals surface area contributed by atoms with E-state index in [0.717, 1.165) is 0 Å². The van der Waals surface area contributed by atoms with E-state index in [2.05, 4.69) is 5.16 Å². The van der Waals surface area contributed by atoms with Crippen LogP contribution in [0.15, 0.2) is 5.16 Å². The molecular weight excluding hydrogens is 198 g/mol. The van der Waals surface area contributed by atoms with Crippen LogP contribution in [-0.2, 0) is 9.53 Å². The zero-order valence-electron chi connectivity index (χ0n) is 8.85. The maximum absolute atomic E-state index is 11.9. The van der Waals surface area contributed by atoms with Crippen molar-refractivity contribution < 1.29 is 14.7 Å². The Balaban J connectivity index is 2.63. The minimum Gasteiger partial charge on any atom is -0.409 e. The van der Waals surface area contributed by atoms with Crippen LogP contribution in [0.1, 0.15) is 13.3 Å². The zero-order chi connectivity index (χ0) is 11.3. The summed E-state index contributed by atoms with van der Waals surface area (Å²) in [6, 6.07) is 0. The van der Waals surface area contributed by atoms with E-state index in [4.69, 9.17) is 15.7 Å². The molecule has 1 rings (SSSR count). The van der Waals surface area contributed by atoms with Crippen LogP contribution in [0.5, 0.6) is 0 Å². The largest absolute Gasteiger partial charge is 0.409 e. The number of ether oxygens (including phenoxy) is 1. The zero-order valence-corrected chi connectivity index (χ0v) is 8.85. The molecule has 1 heterocycles. The highest BCUT2D eigenvalue weighted by atomic mass is 16.5. The van der Waals surface area contributed by atoms with E-state index in [0.29, 0.717) is 32.7 Å². The van der Waals surface area contributed by atoms with Gasteiger partial charge in [0, 0.05) is 13.1 Å². The monoisotopic (exact) mass is 215 g/mol. The Morgan fingerprint density at radius 1 is 1.60 bits per heavy atom. The minimum atomic E-state index is -0.520. The summed E-state index contributed by atoms with van der Waals surface area (Å²) in [7, 11) is 0. The van der Waals surface area contributed by atoms with Gasteiger partial charge in [-0.3, -0.25) is 4.79 Å². The van der Waals surface area contributed by atoms with Crippen molar-refractivity contribution in [2.24, 2.45) is 16.8 Å². The number of hydrogen-bond donors (Lipinski definition) is 2. The molecule has 0 aromatic carbocycles. The first-order valence-corrected chi connectivity index (χ1v) is 5.04. The molecular formula is C9H17N3O3. The molecule has 1 atom stereocenters. The molecule has 0 radical (unpaired) electrons. The van der Waals surface area contributed by atoms with Crippen molar-refractivity contribution in [3.8, 4) is 0 Å². The molecule has 0 aromatic heterocycles. The fraction of sp³-hybridized carbons (Fsp3) is 0.778. The molecule has 6 heteroatoms. The summed E-state index contributed by atoms with van der Waals surface area (Å²) in [4.78, 5) is 13.6. The fourth-order valence-electron chi connectivity index (χ4n) is 1.58. The summed E-state index contributed by atoms with van der Waals surface area (Å²) in [5.74, 6) is -0.627. The molecule has 15 heavy (non-hydrogen) atoms. The normalized spacial score (nSPS) is 20.1. The predicted octanol–water partition coefficient (Wildman–Crippen LogP) is -0.382. The van der Waals surface area contributed by atoms with Crippen molar-refractivity contribution >= 4 is 11.7 Å². The fourth-order valence-corrected chi connectivity index (χ4v) is 1.58.